The number of carbonyl (C=O) groups excluding carboxylic acids is 1. The van der Waals surface area contributed by atoms with E-state index in [1.54, 1.807) is 30.3 Å². The molecule has 0 saturated carbocycles. The second kappa shape index (κ2) is 15.2. The Morgan fingerprint density at radius 2 is 1.90 bits per heavy atom. The maximum absolute atomic E-state index is 14.6. The first kappa shape index (κ1) is 34.9. The highest BCUT2D eigenvalue weighted by atomic mass is 31.2. The number of imidazole rings is 1. The van der Waals surface area contributed by atoms with Gasteiger partial charge in [-0.1, -0.05) is 81.1 Å². The molecule has 4 aromatic rings. The van der Waals surface area contributed by atoms with Crippen LogP contribution in [0, 0.1) is 24.3 Å². The predicted octanol–water partition coefficient (Wildman–Crippen LogP) is 4.58. The van der Waals surface area contributed by atoms with Gasteiger partial charge in [-0.25, -0.2) is 9.55 Å². The zero-order valence-electron chi connectivity index (χ0n) is 26.6. The fourth-order valence-electron chi connectivity index (χ4n) is 5.28. The van der Waals surface area contributed by atoms with E-state index in [0.717, 1.165) is 18.4 Å². The van der Waals surface area contributed by atoms with Crippen molar-refractivity contribution in [1.82, 2.24) is 24.6 Å². The zero-order chi connectivity index (χ0) is 34.3. The van der Waals surface area contributed by atoms with Gasteiger partial charge in [0.05, 0.1) is 12.9 Å². The molecular weight excluding hydrogens is 642 g/mol. The molecule has 0 bridgehead atoms. The first-order valence-electron chi connectivity index (χ1n) is 15.5. The lowest BCUT2D eigenvalue weighted by Gasteiger charge is -2.30. The lowest BCUT2D eigenvalue weighted by Crippen LogP contribution is -2.44. The molecule has 254 valence electrons. The van der Waals surface area contributed by atoms with Crippen molar-refractivity contribution in [2.45, 2.75) is 63.5 Å². The van der Waals surface area contributed by atoms with Gasteiger partial charge in [-0.05, 0) is 30.0 Å². The highest BCUT2D eigenvalue weighted by molar-refractivity contribution is 7.52. The van der Waals surface area contributed by atoms with E-state index >= 15 is 0 Å². The summed E-state index contributed by atoms with van der Waals surface area (Å²) >= 11 is 0. The molecule has 4 N–H and O–H groups in total. The number of aliphatic hydroxyl groups is 1. The molecule has 1 fully saturated rings. The van der Waals surface area contributed by atoms with Crippen LogP contribution in [0.2, 0.25) is 0 Å². The van der Waals surface area contributed by atoms with E-state index in [0.29, 0.717) is 0 Å². The number of aromatic nitrogens is 4. The van der Waals surface area contributed by atoms with Crippen LogP contribution in [0.3, 0.4) is 0 Å². The van der Waals surface area contributed by atoms with Crippen LogP contribution >= 0.6 is 7.75 Å². The van der Waals surface area contributed by atoms with Gasteiger partial charge in [-0.2, -0.15) is 19.4 Å². The minimum atomic E-state index is -4.46. The number of rotatable bonds is 15. The molecule has 0 aliphatic carbocycles. The maximum Gasteiger partial charge on any atom is 0.459 e. The number of anilines is 1. The van der Waals surface area contributed by atoms with Gasteiger partial charge in [0.1, 0.15) is 30.7 Å². The van der Waals surface area contributed by atoms with Crippen LogP contribution in [0.1, 0.15) is 44.9 Å². The van der Waals surface area contributed by atoms with E-state index in [9.17, 15) is 18.9 Å². The molecule has 1 aliphatic heterocycles. The van der Waals surface area contributed by atoms with E-state index in [2.05, 4.69) is 26.0 Å². The summed E-state index contributed by atoms with van der Waals surface area (Å²) in [5, 5.41) is 14.0. The first-order valence-corrected chi connectivity index (χ1v) is 17.1. The van der Waals surface area contributed by atoms with E-state index in [4.69, 9.17) is 30.7 Å². The summed E-state index contributed by atoms with van der Waals surface area (Å²) in [5.74, 6) is 1.96. The monoisotopic (exact) mass is 680 g/mol. The number of esters is 1. The summed E-state index contributed by atoms with van der Waals surface area (Å²) in [6.07, 6.45) is 5.47. The Morgan fingerprint density at radius 3 is 2.56 bits per heavy atom. The van der Waals surface area contributed by atoms with E-state index in [-0.39, 0.29) is 48.1 Å². The van der Waals surface area contributed by atoms with Crippen LogP contribution in [0.25, 0.3) is 11.2 Å². The number of ether oxygens (including phenoxy) is 2. The quantitative estimate of drug-likeness (QED) is 0.0692. The summed E-state index contributed by atoms with van der Waals surface area (Å²) in [5.41, 5.74) is 4.88. The van der Waals surface area contributed by atoms with Crippen molar-refractivity contribution < 1.29 is 37.4 Å². The minimum absolute atomic E-state index is 0.0290. The smallest absolute Gasteiger partial charge is 0.459 e. The van der Waals surface area contributed by atoms with Crippen molar-refractivity contribution in [3.05, 3.63) is 78.6 Å². The van der Waals surface area contributed by atoms with Gasteiger partial charge in [-0.3, -0.25) is 13.9 Å². The number of hydrogen-bond donors (Lipinski definition) is 3. The van der Waals surface area contributed by atoms with E-state index < -0.39 is 50.4 Å². The van der Waals surface area contributed by atoms with Crippen LogP contribution in [-0.2, 0) is 29.8 Å². The fraction of sp³-hybridized carbons (Fsp3) is 0.394. The molecule has 0 spiro atoms. The summed E-state index contributed by atoms with van der Waals surface area (Å²) in [6, 6.07) is 16.2. The number of fused-ring (bicyclic) bond motifs is 1. The predicted molar refractivity (Wildman–Crippen MR) is 175 cm³/mol. The van der Waals surface area contributed by atoms with Crippen molar-refractivity contribution in [3.8, 4) is 18.1 Å². The largest absolute Gasteiger partial charge is 0.464 e. The van der Waals surface area contributed by atoms with Crippen molar-refractivity contribution in [2.24, 2.45) is 5.92 Å². The average Bonchev–Trinajstić information content (AvgIpc) is 3.66. The second-order valence-electron chi connectivity index (χ2n) is 11.4. The maximum atomic E-state index is 14.6. The van der Waals surface area contributed by atoms with Gasteiger partial charge in [-0.15, -0.1) is 6.42 Å². The second-order valence-corrected chi connectivity index (χ2v) is 13.1. The number of halogens is 1. The minimum Gasteiger partial charge on any atom is -0.464 e. The number of hydrogen-bond acceptors (Lipinski definition) is 11. The lowest BCUT2D eigenvalue weighted by molar-refractivity contribution is -0.147. The van der Waals surface area contributed by atoms with E-state index in [1.807, 2.05) is 44.2 Å². The van der Waals surface area contributed by atoms with Crippen LogP contribution in [0.15, 0.2) is 67.0 Å². The zero-order valence-corrected chi connectivity index (χ0v) is 27.5. The average molecular weight is 681 g/mol. The number of terminal acetylenes is 1. The molecular formula is C33H38FN6O7P. The summed E-state index contributed by atoms with van der Waals surface area (Å²) in [7, 11) is -4.46. The van der Waals surface area contributed by atoms with Gasteiger partial charge >= 0.3 is 19.8 Å². The molecule has 0 radical (unpaired) electrons. The number of nitrogens with one attached hydrogen (secondary N) is 1. The number of nitrogens with zero attached hydrogens (tertiary/aromatic N) is 4. The molecule has 1 unspecified atom stereocenters. The van der Waals surface area contributed by atoms with Crippen LogP contribution in [0.4, 0.5) is 10.2 Å². The Labute approximate surface area is 277 Å². The first-order chi connectivity index (χ1) is 23.1. The summed E-state index contributed by atoms with van der Waals surface area (Å²) < 4.78 is 53.5. The Kier molecular flexibility index (Phi) is 11.1. The highest BCUT2D eigenvalue weighted by Gasteiger charge is 2.50. The van der Waals surface area contributed by atoms with Crippen LogP contribution in [-0.4, -0.2) is 61.6 Å². The van der Waals surface area contributed by atoms with Crippen molar-refractivity contribution in [3.63, 3.8) is 0 Å². The van der Waals surface area contributed by atoms with Gasteiger partial charge in [0.15, 0.2) is 22.6 Å². The molecule has 13 nitrogen and oxygen atoms in total. The molecule has 5 atom stereocenters. The van der Waals surface area contributed by atoms with Crippen LogP contribution in [0.5, 0.6) is 5.75 Å². The van der Waals surface area contributed by atoms with Gasteiger partial charge < -0.3 is 24.8 Å². The number of carbonyl (C=O) groups is 1. The Hall–Kier alpha value is -4.38. The molecule has 2 aromatic heterocycles. The number of nitrogens with two attached hydrogens (primary N) is 1. The van der Waals surface area contributed by atoms with Crippen molar-refractivity contribution in [1.29, 1.82) is 0 Å². The Balaban J connectivity index is 1.41. The van der Waals surface area contributed by atoms with Gasteiger partial charge in [0.2, 0.25) is 0 Å². The molecule has 15 heteroatoms. The lowest BCUT2D eigenvalue weighted by atomic mass is 9.99. The molecule has 3 heterocycles. The summed E-state index contributed by atoms with van der Waals surface area (Å²) in [4.78, 5) is 24.9. The number of benzene rings is 2. The number of nitrogen functional groups attached to an aromatic ring is 1. The van der Waals surface area contributed by atoms with E-state index in [1.165, 1.54) is 10.9 Å². The number of para-hydroxylation sites is 1. The molecule has 1 saturated heterocycles. The third kappa shape index (κ3) is 8.01. The molecule has 5 rings (SSSR count). The Bertz CT molecular complexity index is 1790. The van der Waals surface area contributed by atoms with Crippen molar-refractivity contribution in [2.75, 3.05) is 18.9 Å². The SMILES string of the molecule is C#C[C@]1(COP(=O)(N[C@@H](Cc2ccccc2)C(=O)OCC(CC)CC)Oc2ccccc2)O[C@@H](n2cnc3c(N)nc(F)nc32)C[C@@H]1O. The molecule has 0 amide bonds. The normalized spacial score (nSPS) is 21.1. The van der Waals surface area contributed by atoms with Gasteiger partial charge in [0, 0.05) is 6.42 Å². The van der Waals surface area contributed by atoms with Gasteiger partial charge in [0.25, 0.3) is 0 Å². The van der Waals surface area contributed by atoms with Crippen LogP contribution < -0.4 is 15.3 Å². The topological polar surface area (TPSA) is 173 Å². The third-order valence-electron chi connectivity index (χ3n) is 8.20. The molecule has 1 aliphatic rings. The van der Waals surface area contributed by atoms with Crippen molar-refractivity contribution >= 4 is 30.7 Å². The highest BCUT2D eigenvalue weighted by Crippen LogP contribution is 2.48. The molecule has 48 heavy (non-hydrogen) atoms. The number of aliphatic hydroxyl groups excluding tert-OH is 1. The summed E-state index contributed by atoms with van der Waals surface area (Å²) in [6.45, 7) is 3.59. The fourth-order valence-corrected chi connectivity index (χ4v) is 6.80. The molecule has 2 aromatic carbocycles. The Morgan fingerprint density at radius 1 is 1.21 bits per heavy atom. The standard InChI is InChI=1S/C33H38FN6O7P/c1-4-22(5-2)19-44-31(42)25(17-23-13-9-7-10-14-23)39-48(43,47-24-15-11-8-12-16-24)45-20-33(6-3)26(41)18-27(46-33)40-21-36-28-29(35)37-32(34)38-30(28)40/h3,7-16,21-22,25-27,41H,4-5,17-20H2,1-2H3,(H,39,43)(H2,35,37,38)/t25-,26-,27+,33+,48?/m0/s1. The third-order valence-corrected chi connectivity index (χ3v) is 9.75.